The topological polar surface area (TPSA) is 106 Å². The Hall–Kier alpha value is -3.26. The summed E-state index contributed by atoms with van der Waals surface area (Å²) in [6, 6.07) is 12.9. The quantitative estimate of drug-likeness (QED) is 0.423. The number of aromatic nitrogens is 2. The van der Waals surface area contributed by atoms with E-state index in [0.717, 1.165) is 0 Å². The third kappa shape index (κ3) is 3.99. The van der Waals surface area contributed by atoms with Crippen molar-refractivity contribution in [2.24, 2.45) is 5.10 Å². The van der Waals surface area contributed by atoms with Crippen LogP contribution >= 0.6 is 11.6 Å². The molecular formula is C16H12ClN5O3. The van der Waals surface area contributed by atoms with Gasteiger partial charge in [0.2, 0.25) is 11.7 Å². The minimum atomic E-state index is -0.467. The Morgan fingerprint density at radius 3 is 2.44 bits per heavy atom. The highest BCUT2D eigenvalue weighted by molar-refractivity contribution is 6.30. The van der Waals surface area contributed by atoms with Gasteiger partial charge in [0.15, 0.2) is 0 Å². The second-order valence-electron chi connectivity index (χ2n) is 5.02. The third-order valence-corrected chi connectivity index (χ3v) is 3.48. The Morgan fingerprint density at radius 2 is 1.88 bits per heavy atom. The molecule has 1 N–H and O–H groups in total. The molecule has 3 rings (SSSR count). The molecule has 3 aromatic rings. The molecule has 0 aliphatic rings. The molecule has 0 spiro atoms. The number of nitrogens with one attached hydrogen (secondary N) is 1. The average molecular weight is 358 g/mol. The Morgan fingerprint density at radius 1 is 1.20 bits per heavy atom. The summed E-state index contributed by atoms with van der Waals surface area (Å²) < 4.78 is 5.00. The van der Waals surface area contributed by atoms with Crippen LogP contribution in [0.3, 0.4) is 0 Å². The predicted molar refractivity (Wildman–Crippen MR) is 92.8 cm³/mol. The SMILES string of the molecule is Cc1nc(/C(=N\Nc2ccc(Cl)cc2)c2ccc([N+](=O)[O-])cc2)no1. The van der Waals surface area contributed by atoms with E-state index in [2.05, 4.69) is 20.7 Å². The summed E-state index contributed by atoms with van der Waals surface area (Å²) in [5.74, 6) is 0.656. The second kappa shape index (κ2) is 7.10. The van der Waals surface area contributed by atoms with Gasteiger partial charge < -0.3 is 4.52 Å². The number of nitrogens with zero attached hydrogens (tertiary/aromatic N) is 4. The fraction of sp³-hybridized carbons (Fsp3) is 0.0625. The molecule has 0 atom stereocenters. The standard InChI is InChI=1S/C16H12ClN5O3/c1-10-18-16(21-25-10)15(11-2-8-14(9-3-11)22(23)24)20-19-13-6-4-12(17)5-7-13/h2-9,19H,1H3/b20-15-. The van der Waals surface area contributed by atoms with Crippen LogP contribution in [0.15, 0.2) is 58.2 Å². The van der Waals surface area contributed by atoms with E-state index in [1.165, 1.54) is 12.1 Å². The zero-order valence-electron chi connectivity index (χ0n) is 13.0. The van der Waals surface area contributed by atoms with Crippen molar-refractivity contribution in [2.75, 3.05) is 5.43 Å². The second-order valence-corrected chi connectivity index (χ2v) is 5.46. The number of aryl methyl sites for hydroxylation is 1. The van der Waals surface area contributed by atoms with Gasteiger partial charge in [-0.3, -0.25) is 15.5 Å². The number of benzene rings is 2. The first-order valence-corrected chi connectivity index (χ1v) is 7.55. The van der Waals surface area contributed by atoms with Gasteiger partial charge in [-0.1, -0.05) is 16.8 Å². The summed E-state index contributed by atoms with van der Waals surface area (Å²) in [5.41, 5.74) is 4.58. The highest BCUT2D eigenvalue weighted by atomic mass is 35.5. The van der Waals surface area contributed by atoms with Crippen molar-refractivity contribution in [3.05, 3.63) is 80.9 Å². The fourth-order valence-electron chi connectivity index (χ4n) is 2.02. The van der Waals surface area contributed by atoms with Gasteiger partial charge in [-0.05, 0) is 36.4 Å². The number of nitro benzene ring substituents is 1. The van der Waals surface area contributed by atoms with E-state index in [4.69, 9.17) is 16.1 Å². The lowest BCUT2D eigenvalue weighted by Crippen LogP contribution is -2.09. The Balaban J connectivity index is 1.96. The van der Waals surface area contributed by atoms with Crippen LogP contribution in [0.25, 0.3) is 0 Å². The van der Waals surface area contributed by atoms with Gasteiger partial charge in [0.1, 0.15) is 5.71 Å². The summed E-state index contributed by atoms with van der Waals surface area (Å²) in [5, 5.41) is 19.6. The summed E-state index contributed by atoms with van der Waals surface area (Å²) in [6.45, 7) is 1.66. The number of hydrogen-bond acceptors (Lipinski definition) is 7. The monoisotopic (exact) mass is 357 g/mol. The molecule has 1 heterocycles. The highest BCUT2D eigenvalue weighted by Crippen LogP contribution is 2.17. The zero-order valence-corrected chi connectivity index (χ0v) is 13.8. The van der Waals surface area contributed by atoms with Crippen LogP contribution < -0.4 is 5.43 Å². The molecule has 1 aromatic heterocycles. The number of anilines is 1. The molecule has 0 radical (unpaired) electrons. The lowest BCUT2D eigenvalue weighted by Gasteiger charge is -2.05. The number of halogens is 1. The first-order valence-electron chi connectivity index (χ1n) is 7.18. The van der Waals surface area contributed by atoms with Gasteiger partial charge in [-0.15, -0.1) is 0 Å². The lowest BCUT2D eigenvalue weighted by atomic mass is 10.1. The molecule has 126 valence electrons. The van der Waals surface area contributed by atoms with Gasteiger partial charge in [0, 0.05) is 29.6 Å². The number of nitro groups is 1. The first-order chi connectivity index (χ1) is 12.0. The summed E-state index contributed by atoms with van der Waals surface area (Å²) in [6.07, 6.45) is 0. The number of rotatable bonds is 5. The Bertz CT molecular complexity index is 920. The van der Waals surface area contributed by atoms with Crippen molar-refractivity contribution >= 4 is 28.7 Å². The molecule has 8 nitrogen and oxygen atoms in total. The number of non-ortho nitro benzene ring substituents is 1. The molecule has 0 saturated heterocycles. The van der Waals surface area contributed by atoms with Crippen LogP contribution in [0.2, 0.25) is 5.02 Å². The average Bonchev–Trinajstić information content (AvgIpc) is 3.03. The van der Waals surface area contributed by atoms with E-state index >= 15 is 0 Å². The Labute approximate surface area is 147 Å². The van der Waals surface area contributed by atoms with Crippen molar-refractivity contribution in [3.8, 4) is 0 Å². The van der Waals surface area contributed by atoms with Crippen molar-refractivity contribution in [2.45, 2.75) is 6.92 Å². The maximum Gasteiger partial charge on any atom is 0.269 e. The van der Waals surface area contributed by atoms with E-state index in [-0.39, 0.29) is 11.5 Å². The molecular weight excluding hydrogens is 346 g/mol. The van der Waals surface area contributed by atoms with E-state index in [9.17, 15) is 10.1 Å². The maximum absolute atomic E-state index is 10.8. The summed E-state index contributed by atoms with van der Waals surface area (Å²) in [7, 11) is 0. The van der Waals surface area contributed by atoms with Crippen molar-refractivity contribution < 1.29 is 9.45 Å². The molecule has 0 aliphatic heterocycles. The molecule has 0 saturated carbocycles. The van der Waals surface area contributed by atoms with Crippen molar-refractivity contribution in [1.29, 1.82) is 0 Å². The van der Waals surface area contributed by atoms with Crippen LogP contribution in [-0.4, -0.2) is 20.8 Å². The molecule has 0 unspecified atom stereocenters. The first kappa shape index (κ1) is 16.6. The smallest absolute Gasteiger partial charge is 0.269 e. The largest absolute Gasteiger partial charge is 0.339 e. The molecule has 0 aliphatic carbocycles. The minimum absolute atomic E-state index is 0.0157. The van der Waals surface area contributed by atoms with Crippen LogP contribution in [0.5, 0.6) is 0 Å². The predicted octanol–water partition coefficient (Wildman–Crippen LogP) is 3.80. The molecule has 0 bridgehead atoms. The van der Waals surface area contributed by atoms with Crippen LogP contribution in [-0.2, 0) is 0 Å². The number of hydrazone groups is 1. The van der Waals surface area contributed by atoms with Gasteiger partial charge in [0.05, 0.1) is 10.6 Å². The lowest BCUT2D eigenvalue weighted by molar-refractivity contribution is -0.384. The molecule has 25 heavy (non-hydrogen) atoms. The van der Waals surface area contributed by atoms with Crippen LogP contribution in [0.1, 0.15) is 17.3 Å². The molecule has 0 fully saturated rings. The van der Waals surface area contributed by atoms with Crippen molar-refractivity contribution in [1.82, 2.24) is 10.1 Å². The van der Waals surface area contributed by atoms with E-state index in [0.29, 0.717) is 27.9 Å². The normalized spacial score (nSPS) is 11.4. The zero-order chi connectivity index (χ0) is 17.8. The van der Waals surface area contributed by atoms with Gasteiger partial charge in [-0.25, -0.2) is 0 Å². The van der Waals surface area contributed by atoms with E-state index < -0.39 is 4.92 Å². The summed E-state index contributed by atoms with van der Waals surface area (Å²) in [4.78, 5) is 14.5. The van der Waals surface area contributed by atoms with Gasteiger partial charge in [-0.2, -0.15) is 10.1 Å². The Kier molecular flexibility index (Phi) is 4.71. The third-order valence-electron chi connectivity index (χ3n) is 3.23. The summed E-state index contributed by atoms with van der Waals surface area (Å²) >= 11 is 5.86. The minimum Gasteiger partial charge on any atom is -0.339 e. The number of hydrogen-bond donors (Lipinski definition) is 1. The highest BCUT2D eigenvalue weighted by Gasteiger charge is 2.15. The van der Waals surface area contributed by atoms with Gasteiger partial charge >= 0.3 is 0 Å². The van der Waals surface area contributed by atoms with Crippen LogP contribution in [0.4, 0.5) is 11.4 Å². The molecule has 2 aromatic carbocycles. The fourth-order valence-corrected chi connectivity index (χ4v) is 2.15. The van der Waals surface area contributed by atoms with Crippen molar-refractivity contribution in [3.63, 3.8) is 0 Å². The van der Waals surface area contributed by atoms with E-state index in [1.54, 1.807) is 43.3 Å². The van der Waals surface area contributed by atoms with Crippen LogP contribution in [0, 0.1) is 17.0 Å². The van der Waals surface area contributed by atoms with Gasteiger partial charge in [0.25, 0.3) is 5.69 Å². The molecule has 0 amide bonds. The maximum atomic E-state index is 10.8. The molecule has 9 heteroatoms. The van der Waals surface area contributed by atoms with E-state index in [1.807, 2.05) is 0 Å².